The summed E-state index contributed by atoms with van der Waals surface area (Å²) in [5.41, 5.74) is 0.347. The molecule has 1 heterocycles. The van der Waals surface area contributed by atoms with Crippen LogP contribution in [0.2, 0.25) is 0 Å². The van der Waals surface area contributed by atoms with E-state index >= 15 is 0 Å². The maximum atomic E-state index is 13.0. The lowest BCUT2D eigenvalue weighted by molar-refractivity contribution is -0.111. The monoisotopic (exact) mass is 352 g/mol. The minimum absolute atomic E-state index is 0.0994. The van der Waals surface area contributed by atoms with Gasteiger partial charge in [-0.2, -0.15) is 4.31 Å². The first-order valence-electron chi connectivity index (χ1n) is 6.99. The molecule has 6 nitrogen and oxygen atoms in total. The van der Waals surface area contributed by atoms with Gasteiger partial charge in [-0.25, -0.2) is 12.8 Å². The van der Waals surface area contributed by atoms with Gasteiger partial charge in [0.15, 0.2) is 0 Å². The molecule has 1 aromatic heterocycles. The molecule has 2 aromatic rings. The SMILES string of the molecule is CN(Cc1ccc(/C=C/C(=O)Nc2cccc(F)c2)o1)S(C)(=O)=O. The number of halogens is 1. The molecule has 0 saturated carbocycles. The molecule has 128 valence electrons. The van der Waals surface area contributed by atoms with Crippen molar-refractivity contribution < 1.29 is 22.0 Å². The van der Waals surface area contributed by atoms with Gasteiger partial charge in [-0.15, -0.1) is 0 Å². The zero-order valence-corrected chi connectivity index (χ0v) is 14.0. The van der Waals surface area contributed by atoms with Gasteiger partial charge in [0.25, 0.3) is 0 Å². The average Bonchev–Trinajstić information content (AvgIpc) is 2.92. The van der Waals surface area contributed by atoms with Crippen molar-refractivity contribution in [3.8, 4) is 0 Å². The van der Waals surface area contributed by atoms with E-state index in [0.717, 1.165) is 10.6 Å². The summed E-state index contributed by atoms with van der Waals surface area (Å²) in [6.07, 6.45) is 3.79. The zero-order chi connectivity index (χ0) is 17.7. The molecule has 0 fully saturated rings. The lowest BCUT2D eigenvalue weighted by Crippen LogP contribution is -2.24. The number of anilines is 1. The van der Waals surface area contributed by atoms with E-state index in [1.54, 1.807) is 18.2 Å². The number of nitrogens with one attached hydrogen (secondary N) is 1. The molecule has 0 unspecified atom stereocenters. The van der Waals surface area contributed by atoms with Gasteiger partial charge < -0.3 is 9.73 Å². The highest BCUT2D eigenvalue weighted by molar-refractivity contribution is 7.88. The van der Waals surface area contributed by atoms with E-state index < -0.39 is 21.7 Å². The summed E-state index contributed by atoms with van der Waals surface area (Å²) < 4.78 is 42.3. The molecule has 0 atom stereocenters. The van der Waals surface area contributed by atoms with Crippen LogP contribution in [0.1, 0.15) is 11.5 Å². The Balaban J connectivity index is 1.96. The zero-order valence-electron chi connectivity index (χ0n) is 13.2. The second kappa shape index (κ2) is 7.41. The predicted molar refractivity (Wildman–Crippen MR) is 89.1 cm³/mol. The van der Waals surface area contributed by atoms with E-state index in [0.29, 0.717) is 17.2 Å². The molecule has 0 saturated heterocycles. The molecule has 0 radical (unpaired) electrons. The van der Waals surface area contributed by atoms with Crippen LogP contribution in [0.25, 0.3) is 6.08 Å². The van der Waals surface area contributed by atoms with Crippen molar-refractivity contribution in [3.63, 3.8) is 0 Å². The third kappa shape index (κ3) is 5.32. The van der Waals surface area contributed by atoms with Crippen LogP contribution in [0, 0.1) is 5.82 Å². The normalized spacial score (nSPS) is 12.0. The summed E-state index contributed by atoms with van der Waals surface area (Å²) >= 11 is 0. The molecule has 24 heavy (non-hydrogen) atoms. The van der Waals surface area contributed by atoms with Gasteiger partial charge in [-0.05, 0) is 36.4 Å². The van der Waals surface area contributed by atoms with Gasteiger partial charge in [-0.1, -0.05) is 6.07 Å². The van der Waals surface area contributed by atoms with Crippen LogP contribution in [-0.4, -0.2) is 31.9 Å². The summed E-state index contributed by atoms with van der Waals surface area (Å²) in [7, 11) is -1.85. The number of hydrogen-bond acceptors (Lipinski definition) is 4. The molecule has 8 heteroatoms. The van der Waals surface area contributed by atoms with Crippen LogP contribution in [0.5, 0.6) is 0 Å². The minimum Gasteiger partial charge on any atom is -0.460 e. The van der Waals surface area contributed by atoms with Crippen molar-refractivity contribution in [1.82, 2.24) is 4.31 Å². The smallest absolute Gasteiger partial charge is 0.248 e. The van der Waals surface area contributed by atoms with Crippen LogP contribution < -0.4 is 5.32 Å². The number of rotatable bonds is 6. The second-order valence-corrected chi connectivity index (χ2v) is 7.25. The molecule has 0 aliphatic rings. The van der Waals surface area contributed by atoms with Crippen molar-refractivity contribution in [2.75, 3.05) is 18.6 Å². The summed E-state index contributed by atoms with van der Waals surface area (Å²) in [4.78, 5) is 11.8. The van der Waals surface area contributed by atoms with E-state index in [1.807, 2.05) is 0 Å². The molecule has 0 aliphatic carbocycles. The van der Waals surface area contributed by atoms with Crippen LogP contribution in [0.15, 0.2) is 46.9 Å². The van der Waals surface area contributed by atoms with Crippen LogP contribution in [-0.2, 0) is 21.4 Å². The first-order chi connectivity index (χ1) is 11.2. The van der Waals surface area contributed by atoms with Gasteiger partial charge in [0.05, 0.1) is 12.8 Å². The average molecular weight is 352 g/mol. The molecule has 2 rings (SSSR count). The molecule has 1 aromatic carbocycles. The third-order valence-corrected chi connectivity index (χ3v) is 4.38. The summed E-state index contributed by atoms with van der Waals surface area (Å²) in [5.74, 6) is -0.0244. The molecule has 0 aliphatic heterocycles. The van der Waals surface area contributed by atoms with Crippen molar-refractivity contribution in [2.24, 2.45) is 0 Å². The second-order valence-electron chi connectivity index (χ2n) is 5.16. The molecule has 1 N–H and O–H groups in total. The lowest BCUT2D eigenvalue weighted by Gasteiger charge is -2.11. The maximum Gasteiger partial charge on any atom is 0.248 e. The number of hydrogen-bond donors (Lipinski definition) is 1. The molecule has 0 bridgehead atoms. The fourth-order valence-corrected chi connectivity index (χ4v) is 2.18. The first kappa shape index (κ1) is 17.9. The van der Waals surface area contributed by atoms with Gasteiger partial charge in [0, 0.05) is 18.8 Å². The van der Waals surface area contributed by atoms with Gasteiger partial charge in [0.2, 0.25) is 15.9 Å². The maximum absolute atomic E-state index is 13.0. The van der Waals surface area contributed by atoms with Gasteiger partial charge in [0.1, 0.15) is 17.3 Å². The number of furan rings is 1. The lowest BCUT2D eigenvalue weighted by atomic mass is 10.3. The van der Waals surface area contributed by atoms with E-state index in [1.165, 1.54) is 37.4 Å². The highest BCUT2D eigenvalue weighted by Crippen LogP contribution is 2.13. The minimum atomic E-state index is -3.30. The largest absolute Gasteiger partial charge is 0.460 e. The Labute approximate surface area is 139 Å². The molecular formula is C16H17FN2O4S. The standard InChI is InChI=1S/C16H17FN2O4S/c1-19(24(2,21)22)11-15-7-6-14(23-15)8-9-16(20)18-13-5-3-4-12(17)10-13/h3-10H,11H2,1-2H3,(H,18,20)/b9-8+. The number of amides is 1. The number of carbonyl (C=O) groups excluding carboxylic acids is 1. The Morgan fingerprint density at radius 2 is 2.08 bits per heavy atom. The summed E-state index contributed by atoms with van der Waals surface area (Å²) in [6.45, 7) is 0.0994. The summed E-state index contributed by atoms with van der Waals surface area (Å²) in [6, 6.07) is 8.80. The quantitative estimate of drug-likeness (QED) is 0.810. The summed E-state index contributed by atoms with van der Waals surface area (Å²) in [5, 5.41) is 2.52. The van der Waals surface area contributed by atoms with Crippen LogP contribution >= 0.6 is 0 Å². The highest BCUT2D eigenvalue weighted by atomic mass is 32.2. The molecule has 1 amide bonds. The fourth-order valence-electron chi connectivity index (χ4n) is 1.81. The van der Waals surface area contributed by atoms with E-state index in [-0.39, 0.29) is 6.54 Å². The van der Waals surface area contributed by atoms with Gasteiger partial charge >= 0.3 is 0 Å². The van der Waals surface area contributed by atoms with E-state index in [9.17, 15) is 17.6 Å². The predicted octanol–water partition coefficient (Wildman–Crippen LogP) is 2.46. The topological polar surface area (TPSA) is 79.6 Å². The Morgan fingerprint density at radius 3 is 2.75 bits per heavy atom. The van der Waals surface area contributed by atoms with E-state index in [2.05, 4.69) is 5.32 Å². The van der Waals surface area contributed by atoms with Gasteiger partial charge in [-0.3, -0.25) is 4.79 Å². The highest BCUT2D eigenvalue weighted by Gasteiger charge is 2.13. The Kier molecular flexibility index (Phi) is 5.53. The van der Waals surface area contributed by atoms with Crippen LogP contribution in [0.3, 0.4) is 0 Å². The number of sulfonamides is 1. The Morgan fingerprint density at radius 1 is 1.33 bits per heavy atom. The third-order valence-electron chi connectivity index (χ3n) is 3.12. The van der Waals surface area contributed by atoms with Crippen molar-refractivity contribution >= 4 is 27.7 Å². The first-order valence-corrected chi connectivity index (χ1v) is 8.83. The number of benzene rings is 1. The molecule has 0 spiro atoms. The molecular weight excluding hydrogens is 335 g/mol. The Bertz CT molecular complexity index is 858. The van der Waals surface area contributed by atoms with E-state index in [4.69, 9.17) is 4.42 Å². The Hall–Kier alpha value is -2.45. The number of carbonyl (C=O) groups is 1. The van der Waals surface area contributed by atoms with Crippen molar-refractivity contribution in [3.05, 3.63) is 59.8 Å². The van der Waals surface area contributed by atoms with Crippen molar-refractivity contribution in [2.45, 2.75) is 6.54 Å². The van der Waals surface area contributed by atoms with Crippen LogP contribution in [0.4, 0.5) is 10.1 Å². The fraction of sp³-hybridized carbons (Fsp3) is 0.188. The van der Waals surface area contributed by atoms with Crippen molar-refractivity contribution in [1.29, 1.82) is 0 Å². The number of nitrogens with zero attached hydrogens (tertiary/aromatic N) is 1.